The van der Waals surface area contributed by atoms with Crippen LogP contribution in [0.15, 0.2) is 60.7 Å². The van der Waals surface area contributed by atoms with Gasteiger partial charge in [-0.3, -0.25) is 9.69 Å². The predicted molar refractivity (Wildman–Crippen MR) is 126 cm³/mol. The fourth-order valence-corrected chi connectivity index (χ4v) is 4.47. The van der Waals surface area contributed by atoms with Gasteiger partial charge >= 0.3 is 0 Å². The first kappa shape index (κ1) is 23.1. The van der Waals surface area contributed by atoms with E-state index >= 15 is 0 Å². The van der Waals surface area contributed by atoms with Crippen LogP contribution < -0.4 is 9.47 Å². The molecule has 1 N–H and O–H groups in total. The lowest BCUT2D eigenvalue weighted by Gasteiger charge is -2.36. The molecule has 0 unspecified atom stereocenters. The Labute approximate surface area is 202 Å². The van der Waals surface area contributed by atoms with Crippen LogP contribution in [0.4, 0.5) is 8.78 Å². The molecule has 0 atom stereocenters. The fraction of sp³-hybridized carbons (Fsp3) is 0.296. The van der Waals surface area contributed by atoms with Gasteiger partial charge in [-0.25, -0.2) is 8.78 Å². The number of benzene rings is 3. The van der Waals surface area contributed by atoms with Crippen molar-refractivity contribution in [3.8, 4) is 17.2 Å². The smallest absolute Gasteiger partial charge is 0.264 e. The number of carbonyl (C=O) groups excluding carboxylic acids is 1. The van der Waals surface area contributed by atoms with Crippen LogP contribution in [-0.2, 0) is 19.7 Å². The molecule has 2 aliphatic rings. The van der Waals surface area contributed by atoms with Crippen molar-refractivity contribution in [3.63, 3.8) is 0 Å². The summed E-state index contributed by atoms with van der Waals surface area (Å²) in [5.41, 5.74) is 2.22. The number of aromatic hydroxyl groups is 1. The molecule has 1 amide bonds. The standard InChI is InChI=1S/C27H26F2N2O4/c1-30-14-22(15-30)35-21-8-7-18-12-31(13-20(18)9-21)27(33)25-23(32)10-19(26(28)29)11-24(25)34-16-17-5-3-2-4-6-17/h2-11,22,26,32H,12-16H2,1H3. The molecule has 0 bridgehead atoms. The number of nitrogens with zero attached hydrogens (tertiary/aromatic N) is 2. The van der Waals surface area contributed by atoms with Gasteiger partial charge in [-0.15, -0.1) is 0 Å². The molecule has 8 heteroatoms. The normalized spacial score (nSPS) is 15.7. The lowest BCUT2D eigenvalue weighted by molar-refractivity contribution is 0.0387. The number of ether oxygens (including phenoxy) is 2. The fourth-order valence-electron chi connectivity index (χ4n) is 4.47. The van der Waals surface area contributed by atoms with Crippen LogP contribution in [0.2, 0.25) is 0 Å². The highest BCUT2D eigenvalue weighted by molar-refractivity contribution is 6.00. The summed E-state index contributed by atoms with van der Waals surface area (Å²) in [4.78, 5) is 17.2. The molecule has 5 rings (SSSR count). The maximum atomic E-state index is 13.5. The molecule has 1 saturated heterocycles. The largest absolute Gasteiger partial charge is 0.507 e. The lowest BCUT2D eigenvalue weighted by atomic mass is 10.1. The highest BCUT2D eigenvalue weighted by Crippen LogP contribution is 2.37. The second-order valence-electron chi connectivity index (χ2n) is 9.04. The molecule has 0 aromatic heterocycles. The summed E-state index contributed by atoms with van der Waals surface area (Å²) >= 11 is 0. The van der Waals surface area contributed by atoms with Crippen molar-refractivity contribution < 1.29 is 28.2 Å². The van der Waals surface area contributed by atoms with Crippen molar-refractivity contribution in [2.75, 3.05) is 20.1 Å². The molecular weight excluding hydrogens is 454 g/mol. The van der Waals surface area contributed by atoms with Gasteiger partial charge in [-0.2, -0.15) is 0 Å². The number of hydrogen-bond acceptors (Lipinski definition) is 5. The van der Waals surface area contributed by atoms with Gasteiger partial charge in [0.25, 0.3) is 12.3 Å². The monoisotopic (exact) mass is 480 g/mol. The molecule has 35 heavy (non-hydrogen) atoms. The first-order valence-electron chi connectivity index (χ1n) is 11.5. The SMILES string of the molecule is CN1CC(Oc2ccc3c(c2)CN(C(=O)c2c(O)cc(C(F)F)cc2OCc2ccccc2)C3)C1. The summed E-state index contributed by atoms with van der Waals surface area (Å²) in [6.45, 7) is 2.49. The van der Waals surface area contributed by atoms with Crippen molar-refractivity contribution in [2.24, 2.45) is 0 Å². The Balaban J connectivity index is 1.36. The number of likely N-dealkylation sites (tertiary alicyclic amines) is 1. The van der Waals surface area contributed by atoms with E-state index in [2.05, 4.69) is 4.90 Å². The van der Waals surface area contributed by atoms with Crippen LogP contribution in [0.5, 0.6) is 17.2 Å². The molecule has 0 aliphatic carbocycles. The van der Waals surface area contributed by atoms with Crippen molar-refractivity contribution in [3.05, 3.63) is 88.5 Å². The Morgan fingerprint density at radius 3 is 2.51 bits per heavy atom. The van der Waals surface area contributed by atoms with Gasteiger partial charge in [-0.1, -0.05) is 36.4 Å². The molecule has 3 aromatic carbocycles. The van der Waals surface area contributed by atoms with Crippen LogP contribution in [0.25, 0.3) is 0 Å². The van der Waals surface area contributed by atoms with Gasteiger partial charge in [-0.05, 0) is 48.0 Å². The number of fused-ring (bicyclic) bond motifs is 1. The Hall–Kier alpha value is -3.65. The van der Waals surface area contributed by atoms with Crippen molar-refractivity contribution in [2.45, 2.75) is 32.2 Å². The zero-order chi connectivity index (χ0) is 24.5. The molecular formula is C27H26F2N2O4. The average molecular weight is 481 g/mol. The molecule has 0 spiro atoms. The average Bonchev–Trinajstić information content (AvgIpc) is 3.25. The summed E-state index contributed by atoms with van der Waals surface area (Å²) in [6.07, 6.45) is -2.65. The third-order valence-electron chi connectivity index (χ3n) is 6.33. The van der Waals surface area contributed by atoms with Gasteiger partial charge in [0.2, 0.25) is 0 Å². The van der Waals surface area contributed by atoms with Crippen molar-refractivity contribution in [1.29, 1.82) is 0 Å². The van der Waals surface area contributed by atoms with Gasteiger partial charge < -0.3 is 19.5 Å². The van der Waals surface area contributed by atoms with E-state index in [1.165, 1.54) is 0 Å². The molecule has 3 aromatic rings. The third kappa shape index (κ3) is 4.93. The number of alkyl halides is 2. The van der Waals surface area contributed by atoms with E-state index in [0.717, 1.165) is 47.7 Å². The lowest BCUT2D eigenvalue weighted by Crippen LogP contribution is -2.51. The first-order valence-corrected chi connectivity index (χ1v) is 11.5. The van der Waals surface area contributed by atoms with Crippen LogP contribution in [0.1, 0.15) is 39.0 Å². The highest BCUT2D eigenvalue weighted by Gasteiger charge is 2.31. The number of hydrogen-bond donors (Lipinski definition) is 1. The summed E-state index contributed by atoms with van der Waals surface area (Å²) in [6, 6.07) is 17.0. The van der Waals surface area contributed by atoms with Crippen LogP contribution >= 0.6 is 0 Å². The molecule has 2 aliphatic heterocycles. The van der Waals surface area contributed by atoms with E-state index in [1.54, 1.807) is 4.90 Å². The van der Waals surface area contributed by atoms with E-state index in [1.807, 2.05) is 55.6 Å². The Morgan fingerprint density at radius 1 is 1.06 bits per heavy atom. The molecule has 2 heterocycles. The van der Waals surface area contributed by atoms with E-state index in [-0.39, 0.29) is 24.0 Å². The topological polar surface area (TPSA) is 62.2 Å². The van der Waals surface area contributed by atoms with Crippen LogP contribution in [0.3, 0.4) is 0 Å². The zero-order valence-corrected chi connectivity index (χ0v) is 19.3. The number of likely N-dealkylation sites (N-methyl/N-ethyl adjacent to an activating group) is 1. The maximum Gasteiger partial charge on any atom is 0.264 e. The minimum absolute atomic E-state index is 0.0664. The van der Waals surface area contributed by atoms with Gasteiger partial charge in [0, 0.05) is 31.7 Å². The van der Waals surface area contributed by atoms with Gasteiger partial charge in [0.05, 0.1) is 0 Å². The van der Waals surface area contributed by atoms with Crippen LogP contribution in [0, 0.1) is 0 Å². The first-order chi connectivity index (χ1) is 16.9. The van der Waals surface area contributed by atoms with Crippen molar-refractivity contribution in [1.82, 2.24) is 9.80 Å². The number of phenolic OH excluding ortho intramolecular Hbond substituents is 1. The van der Waals surface area contributed by atoms with E-state index in [0.29, 0.717) is 13.1 Å². The number of halogens is 2. The summed E-state index contributed by atoms with van der Waals surface area (Å²) < 4.78 is 38.6. The Morgan fingerprint density at radius 2 is 1.80 bits per heavy atom. The highest BCUT2D eigenvalue weighted by atomic mass is 19.3. The minimum atomic E-state index is -2.81. The molecule has 0 saturated carbocycles. The second-order valence-corrected chi connectivity index (χ2v) is 9.04. The Kier molecular flexibility index (Phi) is 6.30. The summed E-state index contributed by atoms with van der Waals surface area (Å²) in [5, 5.41) is 10.6. The predicted octanol–water partition coefficient (Wildman–Crippen LogP) is 4.76. The van der Waals surface area contributed by atoms with E-state index < -0.39 is 23.6 Å². The quantitative estimate of drug-likeness (QED) is 0.529. The van der Waals surface area contributed by atoms with Crippen LogP contribution in [-0.4, -0.2) is 47.1 Å². The summed E-state index contributed by atoms with van der Waals surface area (Å²) in [7, 11) is 2.03. The third-order valence-corrected chi connectivity index (χ3v) is 6.33. The zero-order valence-electron chi connectivity index (χ0n) is 19.3. The molecule has 1 fully saturated rings. The van der Waals surface area contributed by atoms with E-state index in [9.17, 15) is 18.7 Å². The maximum absolute atomic E-state index is 13.5. The summed E-state index contributed by atoms with van der Waals surface area (Å²) in [5.74, 6) is -0.314. The Bertz CT molecular complexity index is 1230. The van der Waals surface area contributed by atoms with Crippen molar-refractivity contribution >= 4 is 5.91 Å². The number of carbonyl (C=O) groups is 1. The van der Waals surface area contributed by atoms with Gasteiger partial charge in [0.15, 0.2) is 0 Å². The van der Waals surface area contributed by atoms with E-state index in [4.69, 9.17) is 9.47 Å². The molecule has 6 nitrogen and oxygen atoms in total. The molecule has 182 valence electrons. The number of phenols is 1. The van der Waals surface area contributed by atoms with Gasteiger partial charge in [0.1, 0.15) is 35.5 Å². The number of rotatable bonds is 7. The minimum Gasteiger partial charge on any atom is -0.507 e. The molecule has 0 radical (unpaired) electrons. The second kappa shape index (κ2) is 9.54. The number of amides is 1.